The van der Waals surface area contributed by atoms with Crippen molar-refractivity contribution in [3.8, 4) is 0 Å². The first-order valence-corrected chi connectivity index (χ1v) is 12.7. The third-order valence-corrected chi connectivity index (χ3v) is 7.47. The minimum Gasteiger partial charge on any atom is -0.477 e. The highest BCUT2D eigenvalue weighted by Crippen LogP contribution is 2.40. The van der Waals surface area contributed by atoms with Crippen LogP contribution in [0, 0.1) is 5.92 Å². The molecule has 2 aliphatic rings. The number of urea groups is 1. The van der Waals surface area contributed by atoms with Gasteiger partial charge in [0.2, 0.25) is 0 Å². The molecule has 2 aliphatic carbocycles. The number of nitrogens with zero attached hydrogens (tertiary/aromatic N) is 2. The number of carbonyl (C=O) groups is 2. The summed E-state index contributed by atoms with van der Waals surface area (Å²) in [6.07, 6.45) is 4.31. The summed E-state index contributed by atoms with van der Waals surface area (Å²) in [5.41, 5.74) is 4.81. The van der Waals surface area contributed by atoms with E-state index in [0.29, 0.717) is 24.8 Å². The summed E-state index contributed by atoms with van der Waals surface area (Å²) in [5, 5.41) is 18.1. The maximum atomic E-state index is 12.8. The van der Waals surface area contributed by atoms with Crippen molar-refractivity contribution in [3.05, 3.63) is 40.1 Å². The van der Waals surface area contributed by atoms with Gasteiger partial charge in [-0.25, -0.2) is 14.3 Å². The molecule has 1 aromatic heterocycles. The quantitative estimate of drug-likeness (QED) is 0.380. The van der Waals surface area contributed by atoms with Crippen molar-refractivity contribution in [2.75, 3.05) is 32.1 Å². The Morgan fingerprint density at radius 3 is 2.71 bits per heavy atom. The van der Waals surface area contributed by atoms with E-state index >= 15 is 0 Å². The first-order valence-electron chi connectivity index (χ1n) is 11.2. The van der Waals surface area contributed by atoms with Gasteiger partial charge in [0.25, 0.3) is 10.0 Å². The Balaban J connectivity index is 1.51. The summed E-state index contributed by atoms with van der Waals surface area (Å²) < 4.78 is 34.0. The first-order chi connectivity index (χ1) is 16.2. The Morgan fingerprint density at radius 1 is 1.21 bits per heavy atom. The van der Waals surface area contributed by atoms with Crippen LogP contribution >= 0.6 is 0 Å². The fraction of sp³-hybridized carbons (Fsp3) is 0.500. The predicted octanol–water partition coefficient (Wildman–Crippen LogP) is 1.07. The number of carboxylic acids is 1. The number of hydrogen-bond acceptors (Lipinski definition) is 7. The van der Waals surface area contributed by atoms with Crippen molar-refractivity contribution in [1.29, 1.82) is 0 Å². The number of carboxylic acid groups (broad SMARTS) is 1. The number of nitrogens with one attached hydrogen (secondary N) is 3. The zero-order chi connectivity index (χ0) is 24.5. The minimum absolute atomic E-state index is 0.296. The molecule has 1 unspecified atom stereocenters. The molecule has 0 saturated heterocycles. The average molecular weight is 492 g/mol. The van der Waals surface area contributed by atoms with Crippen LogP contribution in [0.1, 0.15) is 39.2 Å². The molecule has 11 nitrogen and oxygen atoms in total. The standard InChI is InChI=1S/C22H29N5O6S/c1-23-6-7-33-12-13-8-15-10-14-4-3-5-16(14)20(17(15)9-13)24-22(30)26-34(31,32)19-11-18(21(28)29)27(2)25-19/h10-11,13,23H,3-9,12H2,1-2H3,(H,28,29)(H2,24,26,30). The zero-order valence-corrected chi connectivity index (χ0v) is 20.0. The molecule has 12 heteroatoms. The average Bonchev–Trinajstić information content (AvgIpc) is 3.48. The molecule has 0 radical (unpaired) electrons. The lowest BCUT2D eigenvalue weighted by molar-refractivity contribution is 0.0685. The van der Waals surface area contributed by atoms with E-state index in [1.807, 2.05) is 11.8 Å². The highest BCUT2D eigenvalue weighted by Gasteiger charge is 2.31. The summed E-state index contributed by atoms with van der Waals surface area (Å²) >= 11 is 0. The molecule has 0 aliphatic heterocycles. The normalized spacial score (nSPS) is 16.8. The van der Waals surface area contributed by atoms with Crippen LogP contribution in [0.25, 0.3) is 0 Å². The van der Waals surface area contributed by atoms with Gasteiger partial charge in [-0.05, 0) is 67.3 Å². The molecule has 184 valence electrons. The van der Waals surface area contributed by atoms with Gasteiger partial charge in [-0.2, -0.15) is 13.5 Å². The van der Waals surface area contributed by atoms with Crippen LogP contribution in [0.4, 0.5) is 10.5 Å². The summed E-state index contributed by atoms with van der Waals surface area (Å²) in [5.74, 6) is -1.02. The van der Waals surface area contributed by atoms with Gasteiger partial charge in [0, 0.05) is 25.3 Å². The SMILES string of the molecule is CNCCOCC1Cc2cc3c(c(NC(=O)NS(=O)(=O)c4cc(C(=O)O)n(C)n4)c2C1)CCC3. The predicted molar refractivity (Wildman–Crippen MR) is 124 cm³/mol. The maximum Gasteiger partial charge on any atom is 0.354 e. The zero-order valence-electron chi connectivity index (χ0n) is 19.2. The van der Waals surface area contributed by atoms with E-state index in [2.05, 4.69) is 21.8 Å². The van der Waals surface area contributed by atoms with Gasteiger partial charge in [0.15, 0.2) is 5.03 Å². The van der Waals surface area contributed by atoms with E-state index in [-0.39, 0.29) is 5.69 Å². The largest absolute Gasteiger partial charge is 0.477 e. The van der Waals surface area contributed by atoms with Crippen molar-refractivity contribution in [3.63, 3.8) is 0 Å². The molecule has 4 rings (SSSR count). The van der Waals surface area contributed by atoms with Gasteiger partial charge in [-0.1, -0.05) is 6.07 Å². The number of anilines is 1. The minimum atomic E-state index is -4.35. The van der Waals surface area contributed by atoms with Gasteiger partial charge in [0.05, 0.1) is 13.2 Å². The van der Waals surface area contributed by atoms with Gasteiger partial charge in [-0.15, -0.1) is 0 Å². The molecule has 0 saturated carbocycles. The number of carbonyl (C=O) groups excluding carboxylic acids is 1. The molecule has 4 N–H and O–H groups in total. The van der Waals surface area contributed by atoms with Crippen molar-refractivity contribution in [2.45, 2.75) is 37.1 Å². The van der Waals surface area contributed by atoms with Gasteiger partial charge in [-0.3, -0.25) is 4.68 Å². The number of rotatable bonds is 9. The van der Waals surface area contributed by atoms with E-state index in [4.69, 9.17) is 9.84 Å². The van der Waals surface area contributed by atoms with Crippen molar-refractivity contribution < 1.29 is 27.9 Å². The van der Waals surface area contributed by atoms with E-state index < -0.39 is 27.0 Å². The Kier molecular flexibility index (Phi) is 6.91. The number of aromatic nitrogens is 2. The fourth-order valence-electron chi connectivity index (χ4n) is 4.72. The van der Waals surface area contributed by atoms with Gasteiger partial charge >= 0.3 is 12.0 Å². The third-order valence-electron chi connectivity index (χ3n) is 6.27. The van der Waals surface area contributed by atoms with Crippen LogP contribution in [0.5, 0.6) is 0 Å². The Hall–Kier alpha value is -2.96. The molecule has 1 atom stereocenters. The highest BCUT2D eigenvalue weighted by molar-refractivity contribution is 7.90. The molecule has 0 bridgehead atoms. The molecule has 1 heterocycles. The number of ether oxygens (including phenoxy) is 1. The number of benzene rings is 1. The molecule has 1 aromatic carbocycles. The smallest absolute Gasteiger partial charge is 0.354 e. The second-order valence-corrected chi connectivity index (χ2v) is 10.3. The third kappa shape index (κ3) is 4.93. The Bertz CT molecular complexity index is 1220. The number of fused-ring (bicyclic) bond motifs is 2. The number of hydrogen-bond donors (Lipinski definition) is 4. The number of likely N-dealkylation sites (N-methyl/N-ethyl adjacent to an activating group) is 1. The maximum absolute atomic E-state index is 12.8. The highest BCUT2D eigenvalue weighted by atomic mass is 32.2. The lowest BCUT2D eigenvalue weighted by atomic mass is 9.99. The van der Waals surface area contributed by atoms with Crippen molar-refractivity contribution in [1.82, 2.24) is 19.8 Å². The summed E-state index contributed by atoms with van der Waals surface area (Å²) in [6.45, 7) is 2.02. The van der Waals surface area contributed by atoms with Crippen LogP contribution in [0.15, 0.2) is 17.2 Å². The van der Waals surface area contributed by atoms with Gasteiger partial charge < -0.3 is 20.5 Å². The number of aromatic carboxylic acids is 1. The Morgan fingerprint density at radius 2 is 2.00 bits per heavy atom. The number of sulfonamides is 1. The van der Waals surface area contributed by atoms with E-state index in [0.717, 1.165) is 66.1 Å². The Labute approximate surface area is 197 Å². The van der Waals surface area contributed by atoms with Crippen LogP contribution in [-0.4, -0.2) is 62.1 Å². The summed E-state index contributed by atoms with van der Waals surface area (Å²) in [7, 11) is -1.16. The van der Waals surface area contributed by atoms with E-state index in [1.165, 1.54) is 12.6 Å². The van der Waals surface area contributed by atoms with Gasteiger partial charge in [0.1, 0.15) is 5.69 Å². The van der Waals surface area contributed by atoms with Crippen molar-refractivity contribution >= 4 is 27.7 Å². The molecule has 0 fully saturated rings. The second-order valence-electron chi connectivity index (χ2n) is 8.69. The van der Waals surface area contributed by atoms with Crippen LogP contribution in [-0.2, 0) is 47.5 Å². The lowest BCUT2D eigenvalue weighted by Crippen LogP contribution is -2.35. The first kappa shape index (κ1) is 24.2. The van der Waals surface area contributed by atoms with E-state index in [1.54, 1.807) is 0 Å². The summed E-state index contributed by atoms with van der Waals surface area (Å²) in [6, 6.07) is 2.22. The van der Waals surface area contributed by atoms with Crippen LogP contribution in [0.2, 0.25) is 0 Å². The molecular weight excluding hydrogens is 462 g/mol. The molecule has 0 spiro atoms. The molecule has 34 heavy (non-hydrogen) atoms. The number of aryl methyl sites for hydroxylation is 2. The second kappa shape index (κ2) is 9.72. The number of amides is 2. The van der Waals surface area contributed by atoms with Crippen LogP contribution < -0.4 is 15.4 Å². The topological polar surface area (TPSA) is 152 Å². The molecule has 2 amide bonds. The molecular formula is C22H29N5O6S. The summed E-state index contributed by atoms with van der Waals surface area (Å²) in [4.78, 5) is 24.0. The molecule has 2 aromatic rings. The monoisotopic (exact) mass is 491 g/mol. The fourth-order valence-corrected chi connectivity index (χ4v) is 5.61. The van der Waals surface area contributed by atoms with Crippen molar-refractivity contribution in [2.24, 2.45) is 13.0 Å². The van der Waals surface area contributed by atoms with Crippen LogP contribution in [0.3, 0.4) is 0 Å². The lowest BCUT2D eigenvalue weighted by Gasteiger charge is -2.16. The van der Waals surface area contributed by atoms with E-state index in [9.17, 15) is 18.0 Å².